The molecule has 0 aromatic carbocycles. The predicted molar refractivity (Wildman–Crippen MR) is 78.6 cm³/mol. The first-order valence-corrected chi connectivity index (χ1v) is 8.28. The number of rotatable bonds is 2. The average molecular weight is 296 g/mol. The zero-order chi connectivity index (χ0) is 15.6. The molecule has 3 rings (SSSR count). The second-order valence-electron chi connectivity index (χ2n) is 7.88. The zero-order valence-electron chi connectivity index (χ0n) is 13.8. The van der Waals surface area contributed by atoms with Crippen molar-refractivity contribution in [3.8, 4) is 0 Å². The van der Waals surface area contributed by atoms with Gasteiger partial charge in [0.1, 0.15) is 17.3 Å². The summed E-state index contributed by atoms with van der Waals surface area (Å²) in [4.78, 5) is 11.5. The Hall–Kier alpha value is -0.610. The Bertz CT molecular complexity index is 448. The van der Waals surface area contributed by atoms with Crippen molar-refractivity contribution in [3.63, 3.8) is 0 Å². The number of fused-ring (bicyclic) bond motifs is 4. The molecule has 0 unspecified atom stereocenters. The smallest absolute Gasteiger partial charge is 0.303 e. The zero-order valence-corrected chi connectivity index (χ0v) is 13.8. The van der Waals surface area contributed by atoms with E-state index in [1.165, 1.54) is 6.92 Å². The van der Waals surface area contributed by atoms with Crippen molar-refractivity contribution in [1.82, 2.24) is 0 Å². The molecule has 1 saturated carbocycles. The fourth-order valence-electron chi connectivity index (χ4n) is 5.31. The van der Waals surface area contributed by atoms with Crippen LogP contribution in [0.3, 0.4) is 0 Å². The number of hydrogen-bond donors (Lipinski definition) is 1. The third kappa shape index (κ3) is 1.91. The number of hydrogen-bond acceptors (Lipinski definition) is 4. The second kappa shape index (κ2) is 4.69. The number of ether oxygens (including phenoxy) is 2. The minimum Gasteiger partial charge on any atom is -0.459 e. The van der Waals surface area contributed by atoms with E-state index in [-0.39, 0.29) is 29.8 Å². The highest BCUT2D eigenvalue weighted by Gasteiger charge is 2.70. The van der Waals surface area contributed by atoms with E-state index in [0.717, 1.165) is 12.8 Å². The molecule has 21 heavy (non-hydrogen) atoms. The summed E-state index contributed by atoms with van der Waals surface area (Å²) in [5, 5.41) is 11.1. The second-order valence-corrected chi connectivity index (χ2v) is 7.88. The van der Waals surface area contributed by atoms with E-state index in [0.29, 0.717) is 12.3 Å². The standard InChI is InChI=1S/C17H28O4/c1-9(2)17-8-13(20-11(4)18)16(5,21-17)12-7-6-10(3)14(12)15(17)19/h9-10,12-15,19H,6-8H2,1-5H3/t10-,12-,13-,14-,15+,16+,17-/m1/s1. The number of esters is 1. The lowest BCUT2D eigenvalue weighted by atomic mass is 9.69. The number of aliphatic hydroxyl groups excluding tert-OH is 1. The third-order valence-electron chi connectivity index (χ3n) is 6.50. The Labute approximate surface area is 127 Å². The largest absolute Gasteiger partial charge is 0.459 e. The molecule has 3 aliphatic rings. The molecule has 4 nitrogen and oxygen atoms in total. The van der Waals surface area contributed by atoms with Crippen LogP contribution in [-0.2, 0) is 14.3 Å². The molecule has 0 aromatic rings. The normalized spacial score (nSPS) is 52.0. The molecule has 0 radical (unpaired) electrons. The molecule has 2 bridgehead atoms. The summed E-state index contributed by atoms with van der Waals surface area (Å²) < 4.78 is 12.1. The highest BCUT2D eigenvalue weighted by molar-refractivity contribution is 5.66. The van der Waals surface area contributed by atoms with Crippen LogP contribution in [0.4, 0.5) is 0 Å². The lowest BCUT2D eigenvalue weighted by Gasteiger charge is -2.51. The number of carbonyl (C=O) groups excluding carboxylic acids is 1. The molecule has 4 heteroatoms. The molecule has 1 N–H and O–H groups in total. The van der Waals surface area contributed by atoms with E-state index in [2.05, 4.69) is 27.7 Å². The van der Waals surface area contributed by atoms with Gasteiger partial charge in [-0.05, 0) is 43.4 Å². The summed E-state index contributed by atoms with van der Waals surface area (Å²) in [5.41, 5.74) is -1.03. The molecule has 7 atom stereocenters. The molecule has 2 aliphatic heterocycles. The molecule has 0 aromatic heterocycles. The number of carbonyl (C=O) groups is 1. The molecule has 0 amide bonds. The van der Waals surface area contributed by atoms with Gasteiger partial charge in [-0.1, -0.05) is 20.8 Å². The summed E-state index contributed by atoms with van der Waals surface area (Å²) in [6, 6.07) is 0. The van der Waals surface area contributed by atoms with Crippen molar-refractivity contribution in [3.05, 3.63) is 0 Å². The van der Waals surface area contributed by atoms with Gasteiger partial charge in [0.25, 0.3) is 0 Å². The van der Waals surface area contributed by atoms with Crippen molar-refractivity contribution in [1.29, 1.82) is 0 Å². The number of aliphatic hydroxyl groups is 1. The van der Waals surface area contributed by atoms with Crippen LogP contribution in [0, 0.1) is 23.7 Å². The summed E-state index contributed by atoms with van der Waals surface area (Å²) in [6.07, 6.45) is 2.07. The van der Waals surface area contributed by atoms with Crippen LogP contribution in [0.5, 0.6) is 0 Å². The van der Waals surface area contributed by atoms with Crippen LogP contribution in [0.25, 0.3) is 0 Å². The van der Waals surface area contributed by atoms with E-state index in [1.54, 1.807) is 0 Å². The summed E-state index contributed by atoms with van der Waals surface area (Å²) in [7, 11) is 0. The van der Waals surface area contributed by atoms with Crippen molar-refractivity contribution in [2.75, 3.05) is 0 Å². The van der Waals surface area contributed by atoms with E-state index < -0.39 is 17.3 Å². The molecule has 2 heterocycles. The molecule has 0 spiro atoms. The minimum atomic E-state index is -0.575. The lowest BCUT2D eigenvalue weighted by molar-refractivity contribution is -0.259. The fraction of sp³-hybridized carbons (Fsp3) is 0.941. The Kier molecular flexibility index (Phi) is 3.42. The monoisotopic (exact) mass is 296 g/mol. The third-order valence-corrected chi connectivity index (χ3v) is 6.50. The van der Waals surface area contributed by atoms with Crippen LogP contribution in [0.2, 0.25) is 0 Å². The Balaban J connectivity index is 2.04. The van der Waals surface area contributed by atoms with Crippen LogP contribution in [-0.4, -0.2) is 34.5 Å². The van der Waals surface area contributed by atoms with Gasteiger partial charge in [0, 0.05) is 13.3 Å². The molecule has 3 fully saturated rings. The van der Waals surface area contributed by atoms with Gasteiger partial charge in [-0.25, -0.2) is 0 Å². The van der Waals surface area contributed by atoms with E-state index in [1.807, 2.05) is 0 Å². The van der Waals surface area contributed by atoms with Crippen molar-refractivity contribution >= 4 is 5.97 Å². The first kappa shape index (κ1) is 15.3. The molecule has 120 valence electrons. The topological polar surface area (TPSA) is 55.8 Å². The molecular formula is C17H28O4. The Morgan fingerprint density at radius 1 is 1.38 bits per heavy atom. The van der Waals surface area contributed by atoms with Crippen LogP contribution in [0.15, 0.2) is 0 Å². The lowest BCUT2D eigenvalue weighted by Crippen LogP contribution is -2.61. The maximum atomic E-state index is 11.5. The minimum absolute atomic E-state index is 0.195. The Morgan fingerprint density at radius 3 is 2.62 bits per heavy atom. The van der Waals surface area contributed by atoms with Gasteiger partial charge in [-0.3, -0.25) is 4.79 Å². The van der Waals surface area contributed by atoms with Gasteiger partial charge in [0.15, 0.2) is 0 Å². The fourth-order valence-corrected chi connectivity index (χ4v) is 5.31. The SMILES string of the molecule is CC(=O)O[C@@H]1C[C@]2(C(C)C)O[C@@]1(C)[C@@H]1CC[C@@H](C)[C@H]1[C@@H]2O. The van der Waals surface area contributed by atoms with Gasteiger partial charge in [-0.15, -0.1) is 0 Å². The summed E-state index contributed by atoms with van der Waals surface area (Å²) in [6.45, 7) is 9.97. The molecular weight excluding hydrogens is 268 g/mol. The van der Waals surface area contributed by atoms with E-state index >= 15 is 0 Å². The maximum Gasteiger partial charge on any atom is 0.303 e. The summed E-state index contributed by atoms with van der Waals surface area (Å²) in [5.74, 6) is 0.977. The van der Waals surface area contributed by atoms with Gasteiger partial charge in [0.2, 0.25) is 0 Å². The summed E-state index contributed by atoms with van der Waals surface area (Å²) >= 11 is 0. The van der Waals surface area contributed by atoms with Crippen LogP contribution >= 0.6 is 0 Å². The van der Waals surface area contributed by atoms with Gasteiger partial charge >= 0.3 is 5.97 Å². The molecule has 2 saturated heterocycles. The van der Waals surface area contributed by atoms with Gasteiger partial charge in [-0.2, -0.15) is 0 Å². The van der Waals surface area contributed by atoms with Crippen LogP contribution < -0.4 is 0 Å². The first-order chi connectivity index (χ1) is 9.72. The van der Waals surface area contributed by atoms with Gasteiger partial charge < -0.3 is 14.6 Å². The van der Waals surface area contributed by atoms with Crippen LogP contribution in [0.1, 0.15) is 53.9 Å². The quantitative estimate of drug-likeness (QED) is 0.796. The van der Waals surface area contributed by atoms with Crippen molar-refractivity contribution in [2.24, 2.45) is 23.7 Å². The average Bonchev–Trinajstić information content (AvgIpc) is 2.87. The maximum absolute atomic E-state index is 11.5. The van der Waals surface area contributed by atoms with E-state index in [4.69, 9.17) is 9.47 Å². The molecule has 1 aliphatic carbocycles. The first-order valence-electron chi connectivity index (χ1n) is 8.28. The highest BCUT2D eigenvalue weighted by atomic mass is 16.6. The Morgan fingerprint density at radius 2 is 2.05 bits per heavy atom. The predicted octanol–water partition coefficient (Wildman–Crippen LogP) is 2.53. The highest BCUT2D eigenvalue weighted by Crippen LogP contribution is 2.62. The van der Waals surface area contributed by atoms with E-state index in [9.17, 15) is 9.90 Å². The van der Waals surface area contributed by atoms with Crippen molar-refractivity contribution < 1.29 is 19.4 Å². The van der Waals surface area contributed by atoms with Gasteiger partial charge in [0.05, 0.1) is 6.10 Å². The van der Waals surface area contributed by atoms with Crippen molar-refractivity contribution in [2.45, 2.75) is 77.3 Å².